The van der Waals surface area contributed by atoms with Crippen LogP contribution in [0.15, 0.2) is 70.3 Å². The second-order valence-corrected chi connectivity index (χ2v) is 9.77. The highest BCUT2D eigenvalue weighted by atomic mass is 32.2. The van der Waals surface area contributed by atoms with Gasteiger partial charge in [-0.25, -0.2) is 0 Å². The topological polar surface area (TPSA) is 70.7 Å². The molecule has 2 aliphatic rings. The van der Waals surface area contributed by atoms with Gasteiger partial charge in [-0.2, -0.15) is 4.99 Å². The number of nitrogens with zero attached hydrogens (tertiary/aromatic N) is 3. The smallest absolute Gasteiger partial charge is 0.283 e. The highest BCUT2D eigenvalue weighted by molar-refractivity contribution is 8.17. The van der Waals surface area contributed by atoms with Crippen LogP contribution in [0.5, 0.6) is 5.75 Å². The molecule has 6 nitrogen and oxygen atoms in total. The van der Waals surface area contributed by atoms with Crippen LogP contribution in [0.4, 0.5) is 0 Å². The van der Waals surface area contributed by atoms with Crippen LogP contribution in [0, 0.1) is 19.3 Å². The quantitative estimate of drug-likeness (QED) is 0.360. The molecule has 2 aliphatic heterocycles. The van der Waals surface area contributed by atoms with Gasteiger partial charge in [0.25, 0.3) is 5.91 Å². The summed E-state index contributed by atoms with van der Waals surface area (Å²) in [7, 11) is 0. The lowest BCUT2D eigenvalue weighted by atomic mass is 10.1. The molecule has 0 aliphatic carbocycles. The van der Waals surface area contributed by atoms with E-state index in [2.05, 4.69) is 41.6 Å². The highest BCUT2D eigenvalue weighted by Gasteiger charge is 2.33. The summed E-state index contributed by atoms with van der Waals surface area (Å²) in [6.45, 7) is 7.53. The third kappa shape index (κ3) is 4.19. The van der Waals surface area contributed by atoms with Crippen molar-refractivity contribution in [1.29, 1.82) is 5.41 Å². The molecule has 3 heterocycles. The Morgan fingerprint density at radius 1 is 1.12 bits per heavy atom. The van der Waals surface area contributed by atoms with Crippen LogP contribution in [0.2, 0.25) is 0 Å². The van der Waals surface area contributed by atoms with Crippen LogP contribution in [0.25, 0.3) is 17.0 Å². The Bertz CT molecular complexity index is 1410. The van der Waals surface area contributed by atoms with Gasteiger partial charge in [-0.3, -0.25) is 15.1 Å². The number of fused-ring (bicyclic) bond motifs is 2. The number of benzene rings is 2. The van der Waals surface area contributed by atoms with E-state index in [-0.39, 0.29) is 11.7 Å². The van der Waals surface area contributed by atoms with Crippen LogP contribution in [-0.2, 0) is 11.3 Å². The summed E-state index contributed by atoms with van der Waals surface area (Å²) in [5.41, 5.74) is 4.78. The zero-order valence-electron chi connectivity index (χ0n) is 19.5. The fourth-order valence-electron chi connectivity index (χ4n) is 4.16. The molecule has 172 valence electrons. The van der Waals surface area contributed by atoms with E-state index in [1.807, 2.05) is 43.6 Å². The molecule has 1 amide bonds. The Morgan fingerprint density at radius 2 is 1.94 bits per heavy atom. The van der Waals surface area contributed by atoms with E-state index >= 15 is 0 Å². The predicted molar refractivity (Wildman–Crippen MR) is 139 cm³/mol. The molecule has 0 bridgehead atoms. The molecule has 0 saturated heterocycles. The molecule has 0 unspecified atom stereocenters. The first kappa shape index (κ1) is 22.2. The summed E-state index contributed by atoms with van der Waals surface area (Å²) in [6.07, 6.45) is 6.54. The molecule has 7 heteroatoms. The molecular formula is C27H26N4O2S. The highest BCUT2D eigenvalue weighted by Crippen LogP contribution is 2.33. The van der Waals surface area contributed by atoms with E-state index in [0.717, 1.165) is 40.1 Å². The third-order valence-electron chi connectivity index (χ3n) is 6.10. The molecule has 0 radical (unpaired) electrons. The number of ether oxygens (including phenoxy) is 1. The van der Waals surface area contributed by atoms with E-state index < -0.39 is 0 Å². The lowest BCUT2D eigenvalue weighted by Gasteiger charge is -2.22. The minimum atomic E-state index is -0.370. The van der Waals surface area contributed by atoms with E-state index in [9.17, 15) is 4.79 Å². The van der Waals surface area contributed by atoms with E-state index in [4.69, 9.17) is 10.1 Å². The average Bonchev–Trinajstić information content (AvgIpc) is 3.36. The average molecular weight is 471 g/mol. The zero-order valence-corrected chi connectivity index (χ0v) is 20.3. The number of aryl methyl sites for hydroxylation is 3. The molecular weight excluding hydrogens is 444 g/mol. The van der Waals surface area contributed by atoms with Crippen molar-refractivity contribution < 1.29 is 9.53 Å². The fraction of sp³-hybridized carbons (Fsp3) is 0.222. The first-order valence-electron chi connectivity index (χ1n) is 11.3. The number of rotatable bonds is 6. The largest absolute Gasteiger partial charge is 0.494 e. The molecule has 5 rings (SSSR count). The van der Waals surface area contributed by atoms with Gasteiger partial charge in [-0.15, -0.1) is 0 Å². The van der Waals surface area contributed by atoms with E-state index in [1.165, 1.54) is 22.9 Å². The number of thioether (sulfide) groups is 1. The molecule has 1 aromatic heterocycles. The van der Waals surface area contributed by atoms with E-state index in [0.29, 0.717) is 17.3 Å². The summed E-state index contributed by atoms with van der Waals surface area (Å²) in [6, 6.07) is 14.3. The van der Waals surface area contributed by atoms with Gasteiger partial charge in [0.15, 0.2) is 5.17 Å². The normalized spacial score (nSPS) is 16.8. The first-order valence-corrected chi connectivity index (χ1v) is 12.1. The van der Waals surface area contributed by atoms with E-state index in [1.54, 1.807) is 11.0 Å². The van der Waals surface area contributed by atoms with Gasteiger partial charge < -0.3 is 9.30 Å². The van der Waals surface area contributed by atoms with Gasteiger partial charge >= 0.3 is 0 Å². The van der Waals surface area contributed by atoms with Crippen molar-refractivity contribution in [2.24, 2.45) is 4.99 Å². The number of aliphatic imine (C=N–C) groups is 1. The summed E-state index contributed by atoms with van der Waals surface area (Å²) in [4.78, 5) is 19.6. The maximum atomic E-state index is 12.7. The van der Waals surface area contributed by atoms with Gasteiger partial charge in [-0.1, -0.05) is 36.0 Å². The van der Waals surface area contributed by atoms with Gasteiger partial charge in [0.05, 0.1) is 12.2 Å². The molecule has 0 fully saturated rings. The second-order valence-electron chi connectivity index (χ2n) is 8.56. The Kier molecular flexibility index (Phi) is 5.87. The summed E-state index contributed by atoms with van der Waals surface area (Å²) in [5, 5.41) is 10.2. The first-order chi connectivity index (χ1) is 16.4. The maximum absolute atomic E-state index is 12.7. The van der Waals surface area contributed by atoms with Crippen molar-refractivity contribution >= 4 is 45.7 Å². The molecule has 3 aromatic rings. The van der Waals surface area contributed by atoms with Crippen molar-refractivity contribution in [3.05, 3.63) is 82.0 Å². The van der Waals surface area contributed by atoms with Crippen LogP contribution >= 0.6 is 11.8 Å². The molecule has 34 heavy (non-hydrogen) atoms. The lowest BCUT2D eigenvalue weighted by molar-refractivity contribution is -0.114. The minimum absolute atomic E-state index is 0.165. The van der Waals surface area contributed by atoms with Crippen molar-refractivity contribution in [3.63, 3.8) is 0 Å². The Labute approximate surface area is 203 Å². The van der Waals surface area contributed by atoms with Gasteiger partial charge in [-0.05, 0) is 62.6 Å². The van der Waals surface area contributed by atoms with Crippen molar-refractivity contribution in [2.75, 3.05) is 6.61 Å². The molecule has 1 N–H and O–H groups in total. The maximum Gasteiger partial charge on any atom is 0.283 e. The molecule has 0 atom stereocenters. The molecule has 0 saturated carbocycles. The number of hydrogen-bond acceptors (Lipinski definition) is 4. The van der Waals surface area contributed by atoms with Crippen molar-refractivity contribution in [3.8, 4) is 5.75 Å². The number of amides is 1. The minimum Gasteiger partial charge on any atom is -0.494 e. The Hall–Kier alpha value is -3.58. The third-order valence-corrected chi connectivity index (χ3v) is 7.00. The summed E-state index contributed by atoms with van der Waals surface area (Å²) >= 11 is 1.42. The summed E-state index contributed by atoms with van der Waals surface area (Å²) < 4.78 is 8.14. The standard InChI is InChI=1S/C27H26N4O2S/c1-17-9-10-21(13-18(17)2)33-12-6-11-30-16-20(22-7-4-5-8-24(22)30)14-23-25(28)31-15-19(3)34-27(31)29-26(23)32/h4-5,7-10,13-16,28H,6,11-12H2,1-3H3/b23-14-,28-25?. The SMILES string of the molecule is CC1=CN2C(=N)/C(=C/c3cn(CCCOc4ccc(C)c(C)c4)c4ccccc34)C(=O)N=C2S1. The number of carbonyl (C=O) groups excluding carboxylic acids is 1. The number of nitrogens with one attached hydrogen (secondary N) is 1. The van der Waals surface area contributed by atoms with Crippen LogP contribution in [0.3, 0.4) is 0 Å². The molecule has 2 aromatic carbocycles. The van der Waals surface area contributed by atoms with Crippen LogP contribution in [0.1, 0.15) is 30.0 Å². The van der Waals surface area contributed by atoms with Gasteiger partial charge in [0.2, 0.25) is 0 Å². The summed E-state index contributed by atoms with van der Waals surface area (Å²) in [5.74, 6) is 0.688. The number of para-hydroxylation sites is 1. The van der Waals surface area contributed by atoms with Crippen LogP contribution < -0.4 is 4.74 Å². The number of hydrogen-bond donors (Lipinski definition) is 1. The monoisotopic (exact) mass is 470 g/mol. The second kappa shape index (κ2) is 8.99. The van der Waals surface area contributed by atoms with Crippen molar-refractivity contribution in [1.82, 2.24) is 9.47 Å². The lowest BCUT2D eigenvalue weighted by Crippen LogP contribution is -2.35. The van der Waals surface area contributed by atoms with Crippen molar-refractivity contribution in [2.45, 2.75) is 33.7 Å². The number of amidine groups is 2. The Morgan fingerprint density at radius 3 is 2.76 bits per heavy atom. The predicted octanol–water partition coefficient (Wildman–Crippen LogP) is 5.89. The number of allylic oxidation sites excluding steroid dienone is 1. The number of carbonyl (C=O) groups is 1. The zero-order chi connectivity index (χ0) is 23.8. The van der Waals surface area contributed by atoms with Gasteiger partial charge in [0, 0.05) is 40.3 Å². The molecule has 0 spiro atoms. The Balaban J connectivity index is 1.36. The van der Waals surface area contributed by atoms with Crippen LogP contribution in [-0.4, -0.2) is 33.0 Å². The number of aromatic nitrogens is 1. The fourth-order valence-corrected chi connectivity index (χ4v) is 4.98. The van der Waals surface area contributed by atoms with Gasteiger partial charge in [0.1, 0.15) is 11.6 Å².